The molecule has 1 heterocycles. The van der Waals surface area contributed by atoms with E-state index in [2.05, 4.69) is 11.9 Å². The molecule has 5 rings (SSSR count). The molecule has 0 bridgehead atoms. The van der Waals surface area contributed by atoms with Crippen LogP contribution in [0.3, 0.4) is 0 Å². The third-order valence-electron chi connectivity index (χ3n) is 9.95. The van der Waals surface area contributed by atoms with Gasteiger partial charge in [-0.3, -0.25) is 4.79 Å². The van der Waals surface area contributed by atoms with E-state index in [0.717, 1.165) is 44.2 Å². The van der Waals surface area contributed by atoms with Gasteiger partial charge in [0.05, 0.1) is 0 Å². The summed E-state index contributed by atoms with van der Waals surface area (Å²) in [6.45, 7) is 2.31. The second kappa shape index (κ2) is 7.36. The van der Waals surface area contributed by atoms with Gasteiger partial charge in [0.25, 0.3) is 0 Å². The lowest BCUT2D eigenvalue weighted by Crippen LogP contribution is -2.55. The molecule has 0 unspecified atom stereocenters. The van der Waals surface area contributed by atoms with Crippen molar-refractivity contribution in [2.45, 2.75) is 82.9 Å². The van der Waals surface area contributed by atoms with E-state index in [-0.39, 0.29) is 30.1 Å². The van der Waals surface area contributed by atoms with Crippen LogP contribution in [-0.4, -0.2) is 27.7 Å². The number of hydrogen-bond acceptors (Lipinski definition) is 2. The number of nitrogens with one attached hydrogen (secondary N) is 1. The third kappa shape index (κ3) is 3.39. The summed E-state index contributed by atoms with van der Waals surface area (Å²) in [6, 6.07) is 3.89. The van der Waals surface area contributed by atoms with Gasteiger partial charge >= 0.3 is 6.18 Å². The topological polar surface area (TPSA) is 53.1 Å². The maximum Gasteiger partial charge on any atom is 0.417 e. The number of alkyl halides is 3. The van der Waals surface area contributed by atoms with E-state index in [1.165, 1.54) is 0 Å². The Bertz CT molecular complexity index is 821. The largest absolute Gasteiger partial charge is 0.417 e. The van der Waals surface area contributed by atoms with Gasteiger partial charge in [0.1, 0.15) is 5.78 Å². The van der Waals surface area contributed by atoms with Gasteiger partial charge in [-0.15, -0.1) is 0 Å². The number of hydrogen-bond donors (Lipinski definition) is 2. The number of fused-ring (bicyclic) bond motifs is 5. The van der Waals surface area contributed by atoms with Crippen LogP contribution in [0, 0.1) is 40.9 Å². The van der Waals surface area contributed by atoms with Crippen LogP contribution in [0.4, 0.5) is 13.2 Å². The number of rotatable bonds is 3. The van der Waals surface area contributed by atoms with Crippen molar-refractivity contribution in [3.63, 3.8) is 0 Å². The number of halogens is 3. The normalized spacial score (nSPS) is 44.9. The molecular formula is C25H34F3NO2. The molecule has 1 aromatic heterocycles. The van der Waals surface area contributed by atoms with Crippen molar-refractivity contribution in [3.05, 3.63) is 24.0 Å². The first kappa shape index (κ1) is 21.5. The highest BCUT2D eigenvalue weighted by Crippen LogP contribution is 2.65. The number of carbonyl (C=O) groups is 1. The summed E-state index contributed by atoms with van der Waals surface area (Å²) in [5.41, 5.74) is -1.49. The van der Waals surface area contributed by atoms with Crippen molar-refractivity contribution in [1.29, 1.82) is 0 Å². The number of H-pyrrole nitrogens is 1. The summed E-state index contributed by atoms with van der Waals surface area (Å²) < 4.78 is 40.2. The lowest BCUT2D eigenvalue weighted by molar-refractivity contribution is -0.282. The molecule has 2 N–H and O–H groups in total. The van der Waals surface area contributed by atoms with E-state index in [0.29, 0.717) is 42.3 Å². The van der Waals surface area contributed by atoms with Crippen LogP contribution >= 0.6 is 0 Å². The number of aromatic nitrogens is 1. The minimum atomic E-state index is -4.53. The molecule has 0 radical (unpaired) electrons. The van der Waals surface area contributed by atoms with E-state index in [1.54, 1.807) is 0 Å². The molecule has 4 fully saturated rings. The molecule has 0 saturated heterocycles. The maximum absolute atomic E-state index is 13.4. The van der Waals surface area contributed by atoms with Crippen molar-refractivity contribution in [2.75, 3.05) is 0 Å². The molecule has 3 nitrogen and oxygen atoms in total. The second-order valence-corrected chi connectivity index (χ2v) is 11.2. The zero-order valence-electron chi connectivity index (χ0n) is 18.3. The Balaban J connectivity index is 1.30. The lowest BCUT2D eigenvalue weighted by Gasteiger charge is -2.57. The minimum absolute atomic E-state index is 0.0160. The van der Waals surface area contributed by atoms with Crippen molar-refractivity contribution in [2.24, 2.45) is 40.9 Å². The van der Waals surface area contributed by atoms with E-state index in [1.807, 2.05) is 18.3 Å². The summed E-state index contributed by atoms with van der Waals surface area (Å²) in [4.78, 5) is 16.3. The molecule has 172 valence electrons. The highest BCUT2D eigenvalue weighted by molar-refractivity contribution is 5.84. The van der Waals surface area contributed by atoms with Crippen molar-refractivity contribution in [3.8, 4) is 0 Å². The molecule has 0 spiro atoms. The molecular weight excluding hydrogens is 403 g/mol. The van der Waals surface area contributed by atoms with Gasteiger partial charge in [-0.2, -0.15) is 13.2 Å². The summed E-state index contributed by atoms with van der Waals surface area (Å²) in [7, 11) is 0. The first-order chi connectivity index (χ1) is 14.6. The molecule has 4 aliphatic carbocycles. The second-order valence-electron chi connectivity index (χ2n) is 11.2. The Labute approximate surface area is 182 Å². The van der Waals surface area contributed by atoms with Crippen LogP contribution < -0.4 is 0 Å². The zero-order valence-corrected chi connectivity index (χ0v) is 18.3. The smallest absolute Gasteiger partial charge is 0.380 e. The van der Waals surface area contributed by atoms with Gasteiger partial charge in [0.15, 0.2) is 5.60 Å². The van der Waals surface area contributed by atoms with Crippen molar-refractivity contribution < 1.29 is 23.1 Å². The van der Waals surface area contributed by atoms with E-state index >= 15 is 0 Å². The molecule has 1 aromatic rings. The number of carbonyl (C=O) groups excluding carboxylic acids is 1. The van der Waals surface area contributed by atoms with E-state index in [9.17, 15) is 23.1 Å². The first-order valence-electron chi connectivity index (χ1n) is 12.1. The maximum atomic E-state index is 13.4. The van der Waals surface area contributed by atoms with Crippen LogP contribution in [0.2, 0.25) is 0 Å². The highest BCUT2D eigenvalue weighted by atomic mass is 19.4. The van der Waals surface area contributed by atoms with Gasteiger partial charge in [0.2, 0.25) is 0 Å². The fourth-order valence-corrected chi connectivity index (χ4v) is 8.45. The first-order valence-corrected chi connectivity index (χ1v) is 12.1. The highest BCUT2D eigenvalue weighted by Gasteiger charge is 2.62. The summed E-state index contributed by atoms with van der Waals surface area (Å²) >= 11 is 0. The fourth-order valence-electron chi connectivity index (χ4n) is 8.45. The molecule has 4 aliphatic rings. The Morgan fingerprint density at radius 2 is 1.87 bits per heavy atom. The van der Waals surface area contributed by atoms with Gasteiger partial charge in [0, 0.05) is 24.2 Å². The molecule has 8 atom stereocenters. The summed E-state index contributed by atoms with van der Waals surface area (Å²) in [5.74, 6) is 2.23. The van der Waals surface area contributed by atoms with Gasteiger partial charge in [-0.1, -0.05) is 6.92 Å². The van der Waals surface area contributed by atoms with Crippen molar-refractivity contribution in [1.82, 2.24) is 4.98 Å². The lowest BCUT2D eigenvalue weighted by atomic mass is 9.48. The predicted octanol–water partition coefficient (Wildman–Crippen LogP) is 5.69. The van der Waals surface area contributed by atoms with Crippen LogP contribution in [0.1, 0.15) is 70.4 Å². The molecule has 6 heteroatoms. The minimum Gasteiger partial charge on any atom is -0.380 e. The average Bonchev–Trinajstić information content (AvgIpc) is 3.33. The standard InChI is InChI=1S/C25H34F3NO2/c1-23-10-8-18-17-9-11-24(31,25(26,27)28)14-15(17)4-5-19(18)20(23)6-7-21(23)22(30)13-16-3-2-12-29-16/h2-3,12,15,17-21,29,31H,4-11,13-14H2,1H3/t15-,17+,18-,19-,20+,21-,23+,24-/m1/s1. The molecule has 0 amide bonds. The number of ketones is 1. The Kier molecular flexibility index (Phi) is 5.11. The quantitative estimate of drug-likeness (QED) is 0.638. The summed E-state index contributed by atoms with van der Waals surface area (Å²) in [6.07, 6.45) is 3.80. The van der Waals surface area contributed by atoms with E-state index < -0.39 is 11.8 Å². The van der Waals surface area contributed by atoms with Gasteiger partial charge in [-0.05, 0) is 105 Å². The third-order valence-corrected chi connectivity index (χ3v) is 9.95. The van der Waals surface area contributed by atoms with Crippen molar-refractivity contribution >= 4 is 5.78 Å². The van der Waals surface area contributed by atoms with Crippen LogP contribution in [0.5, 0.6) is 0 Å². The van der Waals surface area contributed by atoms with Crippen LogP contribution in [0.25, 0.3) is 0 Å². The Hall–Kier alpha value is -1.30. The van der Waals surface area contributed by atoms with Crippen LogP contribution in [-0.2, 0) is 11.2 Å². The van der Waals surface area contributed by atoms with Gasteiger partial charge in [-0.25, -0.2) is 0 Å². The average molecular weight is 438 g/mol. The van der Waals surface area contributed by atoms with Gasteiger partial charge < -0.3 is 10.1 Å². The fraction of sp³-hybridized carbons (Fsp3) is 0.800. The Morgan fingerprint density at radius 3 is 2.58 bits per heavy atom. The van der Waals surface area contributed by atoms with E-state index in [4.69, 9.17) is 0 Å². The zero-order chi connectivity index (χ0) is 22.0. The molecule has 0 aromatic carbocycles. The monoisotopic (exact) mass is 437 g/mol. The molecule has 0 aliphatic heterocycles. The number of aromatic amines is 1. The molecule has 4 saturated carbocycles. The predicted molar refractivity (Wildman–Crippen MR) is 111 cm³/mol. The Morgan fingerprint density at radius 1 is 1.10 bits per heavy atom. The SMILES string of the molecule is C[C@]12CC[C@H]3[C@@H](CC[C@@H]4C[C@@](O)(C(F)(F)F)CC[C@@H]43)[C@@H]1CC[C@@H]2C(=O)Cc1ccc[nH]1. The molecule has 31 heavy (non-hydrogen) atoms. The number of Topliss-reactive ketones (excluding diaryl/α,β-unsaturated/α-hetero) is 1. The summed E-state index contributed by atoms with van der Waals surface area (Å²) in [5, 5.41) is 10.3. The number of aliphatic hydroxyl groups is 1. The van der Waals surface area contributed by atoms with Crippen LogP contribution in [0.15, 0.2) is 18.3 Å².